The van der Waals surface area contributed by atoms with Gasteiger partial charge in [-0.15, -0.1) is 0 Å². The number of benzene rings is 1. The number of nitrogens with one attached hydrogen (secondary N) is 1. The van der Waals surface area contributed by atoms with Crippen molar-refractivity contribution >= 4 is 11.6 Å². The number of carbonyl (C=O) groups is 1. The van der Waals surface area contributed by atoms with E-state index in [4.69, 9.17) is 4.74 Å². The van der Waals surface area contributed by atoms with Crippen molar-refractivity contribution < 1.29 is 13.9 Å². The van der Waals surface area contributed by atoms with Crippen molar-refractivity contribution in [2.75, 3.05) is 31.6 Å². The highest BCUT2D eigenvalue weighted by atomic mass is 19.1. The van der Waals surface area contributed by atoms with E-state index in [1.807, 2.05) is 26.8 Å². The standard InChI is InChI=1S/C18H23FN4O2/c1-4-22-7-8-25-17(11-22)18(24)20-14-5-6-16(15(19)10-14)23-13(3)9-12(2)21-23/h5-6,9-10,17H,4,7-8,11H2,1-3H3,(H,20,24)/t17-/m1/s1. The molecule has 0 unspecified atom stereocenters. The van der Waals surface area contributed by atoms with Crippen LogP contribution in [0.25, 0.3) is 5.69 Å². The van der Waals surface area contributed by atoms with Crippen LogP contribution in [0.15, 0.2) is 24.3 Å². The zero-order valence-electron chi connectivity index (χ0n) is 14.8. The molecule has 1 aliphatic heterocycles. The Labute approximate surface area is 146 Å². The van der Waals surface area contributed by atoms with Crippen molar-refractivity contribution in [3.63, 3.8) is 0 Å². The van der Waals surface area contributed by atoms with Crippen LogP contribution in [0.4, 0.5) is 10.1 Å². The number of nitrogens with zero attached hydrogens (tertiary/aromatic N) is 3. The fourth-order valence-electron chi connectivity index (χ4n) is 3.00. The SMILES string of the molecule is CCN1CCO[C@@H](C(=O)Nc2ccc(-n3nc(C)cc3C)c(F)c2)C1. The van der Waals surface area contributed by atoms with E-state index in [1.54, 1.807) is 16.8 Å². The van der Waals surface area contributed by atoms with Crippen LogP contribution in [0.2, 0.25) is 0 Å². The summed E-state index contributed by atoms with van der Waals surface area (Å²) < 4.78 is 21.6. The van der Waals surface area contributed by atoms with Crippen molar-refractivity contribution in [2.24, 2.45) is 0 Å². The molecule has 7 heteroatoms. The Kier molecular flexibility index (Phi) is 5.15. The van der Waals surface area contributed by atoms with Crippen molar-refractivity contribution in [3.8, 4) is 5.69 Å². The van der Waals surface area contributed by atoms with Crippen LogP contribution in [-0.2, 0) is 9.53 Å². The van der Waals surface area contributed by atoms with E-state index >= 15 is 0 Å². The summed E-state index contributed by atoms with van der Waals surface area (Å²) in [6.45, 7) is 8.55. The number of anilines is 1. The van der Waals surface area contributed by atoms with Crippen LogP contribution in [0.5, 0.6) is 0 Å². The zero-order valence-corrected chi connectivity index (χ0v) is 14.8. The third-order valence-corrected chi connectivity index (χ3v) is 4.34. The molecule has 0 spiro atoms. The molecule has 6 nitrogen and oxygen atoms in total. The highest BCUT2D eigenvalue weighted by Crippen LogP contribution is 2.20. The van der Waals surface area contributed by atoms with E-state index in [-0.39, 0.29) is 5.91 Å². The van der Waals surface area contributed by atoms with E-state index in [9.17, 15) is 9.18 Å². The number of carbonyl (C=O) groups excluding carboxylic acids is 1. The third kappa shape index (κ3) is 3.88. The summed E-state index contributed by atoms with van der Waals surface area (Å²) in [6, 6.07) is 6.48. The highest BCUT2D eigenvalue weighted by Gasteiger charge is 2.26. The molecule has 0 saturated carbocycles. The molecular weight excluding hydrogens is 323 g/mol. The molecule has 1 fully saturated rings. The molecule has 1 amide bonds. The number of halogens is 1. The first-order valence-corrected chi connectivity index (χ1v) is 8.46. The first kappa shape index (κ1) is 17.6. The van der Waals surface area contributed by atoms with E-state index < -0.39 is 11.9 Å². The van der Waals surface area contributed by atoms with Crippen LogP contribution in [-0.4, -0.2) is 52.9 Å². The van der Waals surface area contributed by atoms with Crippen molar-refractivity contribution in [1.82, 2.24) is 14.7 Å². The molecule has 1 atom stereocenters. The molecule has 2 heterocycles. The monoisotopic (exact) mass is 346 g/mol. The van der Waals surface area contributed by atoms with E-state index in [0.717, 1.165) is 24.5 Å². The average Bonchev–Trinajstić information content (AvgIpc) is 2.93. The second-order valence-electron chi connectivity index (χ2n) is 6.25. The number of ether oxygens (including phenoxy) is 1. The minimum absolute atomic E-state index is 0.253. The van der Waals surface area contributed by atoms with Gasteiger partial charge in [0.2, 0.25) is 0 Å². The van der Waals surface area contributed by atoms with Gasteiger partial charge in [0.15, 0.2) is 5.82 Å². The van der Waals surface area contributed by atoms with Gasteiger partial charge in [0.25, 0.3) is 5.91 Å². The molecule has 0 radical (unpaired) electrons. The van der Waals surface area contributed by atoms with E-state index in [1.165, 1.54) is 6.07 Å². The highest BCUT2D eigenvalue weighted by molar-refractivity contribution is 5.94. The van der Waals surface area contributed by atoms with Gasteiger partial charge in [-0.2, -0.15) is 5.10 Å². The zero-order chi connectivity index (χ0) is 18.0. The molecule has 3 rings (SSSR count). The van der Waals surface area contributed by atoms with Crippen molar-refractivity contribution in [3.05, 3.63) is 41.5 Å². The molecule has 2 aromatic rings. The number of morpholine rings is 1. The lowest BCUT2D eigenvalue weighted by Gasteiger charge is -2.31. The fourth-order valence-corrected chi connectivity index (χ4v) is 3.00. The minimum Gasteiger partial charge on any atom is -0.366 e. The maximum absolute atomic E-state index is 14.5. The topological polar surface area (TPSA) is 59.4 Å². The lowest BCUT2D eigenvalue weighted by atomic mass is 10.2. The fraction of sp³-hybridized carbons (Fsp3) is 0.444. The van der Waals surface area contributed by atoms with Crippen molar-refractivity contribution in [2.45, 2.75) is 26.9 Å². The van der Waals surface area contributed by atoms with Gasteiger partial charge < -0.3 is 10.1 Å². The molecule has 0 aliphatic carbocycles. The van der Waals surface area contributed by atoms with Gasteiger partial charge in [-0.05, 0) is 44.7 Å². The number of aryl methyl sites for hydroxylation is 2. The Bertz CT molecular complexity index is 774. The first-order chi connectivity index (χ1) is 12.0. The molecular formula is C18H23FN4O2. The number of likely N-dealkylation sites (N-methyl/N-ethyl adjacent to an activating group) is 1. The van der Waals surface area contributed by atoms with Gasteiger partial charge in [-0.1, -0.05) is 6.92 Å². The average molecular weight is 346 g/mol. The summed E-state index contributed by atoms with van der Waals surface area (Å²) >= 11 is 0. The Morgan fingerprint density at radius 1 is 1.40 bits per heavy atom. The second kappa shape index (κ2) is 7.33. The molecule has 0 bridgehead atoms. The lowest BCUT2D eigenvalue weighted by Crippen LogP contribution is -2.47. The summed E-state index contributed by atoms with van der Waals surface area (Å²) in [5.41, 5.74) is 2.44. The Morgan fingerprint density at radius 3 is 2.84 bits per heavy atom. The Morgan fingerprint density at radius 2 is 2.20 bits per heavy atom. The maximum atomic E-state index is 14.5. The lowest BCUT2D eigenvalue weighted by molar-refractivity contribution is -0.132. The van der Waals surface area contributed by atoms with E-state index in [0.29, 0.717) is 24.5 Å². The number of hydrogen-bond donors (Lipinski definition) is 1. The quantitative estimate of drug-likeness (QED) is 0.923. The predicted molar refractivity (Wildman–Crippen MR) is 93.5 cm³/mol. The van der Waals surface area contributed by atoms with Gasteiger partial charge in [0.1, 0.15) is 11.8 Å². The summed E-state index contributed by atoms with van der Waals surface area (Å²) in [7, 11) is 0. The van der Waals surface area contributed by atoms with Gasteiger partial charge in [0.05, 0.1) is 12.3 Å². The maximum Gasteiger partial charge on any atom is 0.254 e. The molecule has 1 aromatic heterocycles. The number of rotatable bonds is 4. The molecule has 1 N–H and O–H groups in total. The Balaban J connectivity index is 1.72. The van der Waals surface area contributed by atoms with E-state index in [2.05, 4.69) is 15.3 Å². The van der Waals surface area contributed by atoms with Gasteiger partial charge >= 0.3 is 0 Å². The Hall–Kier alpha value is -2.25. The van der Waals surface area contributed by atoms with Gasteiger partial charge in [-0.25, -0.2) is 9.07 Å². The van der Waals surface area contributed by atoms with Crippen LogP contribution in [0, 0.1) is 19.7 Å². The minimum atomic E-state index is -0.535. The summed E-state index contributed by atoms with van der Waals surface area (Å²) in [5.74, 6) is -0.694. The van der Waals surface area contributed by atoms with Crippen LogP contribution >= 0.6 is 0 Å². The van der Waals surface area contributed by atoms with Crippen molar-refractivity contribution in [1.29, 1.82) is 0 Å². The molecule has 1 aromatic carbocycles. The predicted octanol–water partition coefficient (Wildman–Crippen LogP) is 2.29. The van der Waals surface area contributed by atoms with Crippen LogP contribution < -0.4 is 5.32 Å². The number of aromatic nitrogens is 2. The largest absolute Gasteiger partial charge is 0.366 e. The second-order valence-corrected chi connectivity index (χ2v) is 6.25. The smallest absolute Gasteiger partial charge is 0.254 e. The summed E-state index contributed by atoms with van der Waals surface area (Å²) in [6.07, 6.45) is -0.535. The summed E-state index contributed by atoms with van der Waals surface area (Å²) in [5, 5.41) is 7.02. The molecule has 1 aliphatic rings. The van der Waals surface area contributed by atoms with Crippen LogP contribution in [0.3, 0.4) is 0 Å². The van der Waals surface area contributed by atoms with Gasteiger partial charge in [0, 0.05) is 24.5 Å². The van der Waals surface area contributed by atoms with Gasteiger partial charge in [-0.3, -0.25) is 9.69 Å². The summed E-state index contributed by atoms with van der Waals surface area (Å²) in [4.78, 5) is 14.5. The molecule has 1 saturated heterocycles. The molecule has 25 heavy (non-hydrogen) atoms. The third-order valence-electron chi connectivity index (χ3n) is 4.34. The first-order valence-electron chi connectivity index (χ1n) is 8.46. The molecule has 134 valence electrons. The number of amides is 1. The normalized spacial score (nSPS) is 18.3. The van der Waals surface area contributed by atoms with Crippen LogP contribution in [0.1, 0.15) is 18.3 Å². The number of hydrogen-bond acceptors (Lipinski definition) is 4.